The van der Waals surface area contributed by atoms with Gasteiger partial charge in [0, 0.05) is 6.54 Å². The summed E-state index contributed by atoms with van der Waals surface area (Å²) in [6, 6.07) is 11.9. The van der Waals surface area contributed by atoms with Crippen molar-refractivity contribution in [1.29, 1.82) is 5.26 Å². The monoisotopic (exact) mass is 375 g/mol. The summed E-state index contributed by atoms with van der Waals surface area (Å²) in [7, 11) is 0. The van der Waals surface area contributed by atoms with Gasteiger partial charge in [0.05, 0.1) is 22.2 Å². The second kappa shape index (κ2) is 6.85. The molecule has 0 saturated heterocycles. The molecule has 0 fully saturated rings. The first kappa shape index (κ1) is 17.2. The molecule has 138 valence electrons. The number of nitriles is 1. The second-order valence-corrected chi connectivity index (χ2v) is 6.08. The van der Waals surface area contributed by atoms with E-state index in [4.69, 9.17) is 4.74 Å². The van der Waals surface area contributed by atoms with E-state index in [-0.39, 0.29) is 30.4 Å². The van der Waals surface area contributed by atoms with Crippen LogP contribution in [0.5, 0.6) is 5.75 Å². The lowest BCUT2D eigenvalue weighted by atomic mass is 10.1. The normalized spacial score (nSPS) is 12.5. The Bertz CT molecular complexity index is 1230. The van der Waals surface area contributed by atoms with E-state index >= 15 is 0 Å². The Balaban J connectivity index is 1.57. The average molecular weight is 375 g/mol. The SMILES string of the molecule is N#Cc1cc(CNC(=O)c2nc3ccccc3c(=O)[nH]2)cc2c1OCC(=O)N2. The van der Waals surface area contributed by atoms with E-state index in [2.05, 4.69) is 20.6 Å². The van der Waals surface area contributed by atoms with Crippen LogP contribution in [0.4, 0.5) is 5.69 Å². The maximum absolute atomic E-state index is 12.4. The number of carbonyl (C=O) groups excluding carboxylic acids is 2. The van der Waals surface area contributed by atoms with Gasteiger partial charge in [-0.05, 0) is 29.8 Å². The minimum absolute atomic E-state index is 0.0627. The van der Waals surface area contributed by atoms with Crippen LogP contribution in [0.2, 0.25) is 0 Å². The average Bonchev–Trinajstić information content (AvgIpc) is 2.71. The zero-order valence-electron chi connectivity index (χ0n) is 14.4. The van der Waals surface area contributed by atoms with Crippen molar-refractivity contribution in [3.63, 3.8) is 0 Å². The summed E-state index contributed by atoms with van der Waals surface area (Å²) in [5.74, 6) is -0.702. The molecule has 9 nitrogen and oxygen atoms in total. The third-order valence-corrected chi connectivity index (χ3v) is 4.17. The van der Waals surface area contributed by atoms with Crippen LogP contribution in [0.25, 0.3) is 10.9 Å². The highest BCUT2D eigenvalue weighted by atomic mass is 16.5. The van der Waals surface area contributed by atoms with Gasteiger partial charge in [-0.1, -0.05) is 12.1 Å². The molecule has 0 saturated carbocycles. The number of amides is 2. The number of carbonyl (C=O) groups is 2. The van der Waals surface area contributed by atoms with Crippen LogP contribution < -0.4 is 20.9 Å². The molecule has 0 spiro atoms. The van der Waals surface area contributed by atoms with Gasteiger partial charge in [-0.25, -0.2) is 4.98 Å². The third kappa shape index (κ3) is 3.14. The number of hydrogen-bond donors (Lipinski definition) is 3. The first-order valence-corrected chi connectivity index (χ1v) is 8.32. The number of aromatic amines is 1. The molecule has 3 aromatic rings. The highest BCUT2D eigenvalue weighted by Gasteiger charge is 2.21. The first-order valence-electron chi connectivity index (χ1n) is 8.32. The molecular formula is C19H13N5O4. The van der Waals surface area contributed by atoms with Gasteiger partial charge >= 0.3 is 0 Å². The van der Waals surface area contributed by atoms with Crippen LogP contribution in [0.1, 0.15) is 21.7 Å². The fourth-order valence-electron chi connectivity index (χ4n) is 2.91. The molecule has 2 amide bonds. The van der Waals surface area contributed by atoms with Crippen LogP contribution in [0.3, 0.4) is 0 Å². The summed E-state index contributed by atoms with van der Waals surface area (Å²) in [5.41, 5.74) is 1.21. The van der Waals surface area contributed by atoms with E-state index < -0.39 is 11.5 Å². The maximum Gasteiger partial charge on any atom is 0.287 e. The molecule has 1 aromatic heterocycles. The fraction of sp³-hybridized carbons (Fsp3) is 0.105. The smallest absolute Gasteiger partial charge is 0.287 e. The molecule has 3 N–H and O–H groups in total. The van der Waals surface area contributed by atoms with Gasteiger partial charge < -0.3 is 20.4 Å². The Morgan fingerprint density at radius 2 is 2.11 bits per heavy atom. The molecule has 0 bridgehead atoms. The maximum atomic E-state index is 12.4. The molecule has 9 heteroatoms. The molecule has 4 rings (SSSR count). The quantitative estimate of drug-likeness (QED) is 0.626. The second-order valence-electron chi connectivity index (χ2n) is 6.08. The Hall–Kier alpha value is -4.19. The Kier molecular flexibility index (Phi) is 4.21. The van der Waals surface area contributed by atoms with Crippen LogP contribution in [-0.4, -0.2) is 28.4 Å². The summed E-state index contributed by atoms with van der Waals surface area (Å²) in [4.78, 5) is 42.6. The number of H-pyrrole nitrogens is 1. The molecule has 1 aliphatic rings. The summed E-state index contributed by atoms with van der Waals surface area (Å²) in [5, 5.41) is 15.0. The summed E-state index contributed by atoms with van der Waals surface area (Å²) in [6.45, 7) is -0.0913. The molecule has 1 aliphatic heterocycles. The molecule has 2 heterocycles. The number of hydrogen-bond acceptors (Lipinski definition) is 6. The number of ether oxygens (including phenoxy) is 1. The largest absolute Gasteiger partial charge is 0.480 e. The van der Waals surface area contributed by atoms with Crippen LogP contribution in [-0.2, 0) is 11.3 Å². The Labute approximate surface area is 158 Å². The third-order valence-electron chi connectivity index (χ3n) is 4.17. The molecule has 0 atom stereocenters. The minimum atomic E-state index is -0.570. The number of rotatable bonds is 3. The van der Waals surface area contributed by atoms with E-state index in [1.54, 1.807) is 36.4 Å². The number of aromatic nitrogens is 2. The number of anilines is 1. The summed E-state index contributed by atoms with van der Waals surface area (Å²) < 4.78 is 5.29. The minimum Gasteiger partial charge on any atom is -0.480 e. The molecule has 0 unspecified atom stereocenters. The zero-order chi connectivity index (χ0) is 19.7. The van der Waals surface area contributed by atoms with Crippen molar-refractivity contribution >= 4 is 28.4 Å². The zero-order valence-corrected chi connectivity index (χ0v) is 14.4. The first-order chi connectivity index (χ1) is 13.5. The standard InChI is InChI=1S/C19H13N5O4/c20-7-11-5-10(6-14-16(11)28-9-15(25)22-14)8-21-19(27)17-23-13-4-2-1-3-12(13)18(26)24-17/h1-6H,8-9H2,(H,21,27)(H,22,25)(H,23,24,26). The van der Waals surface area contributed by atoms with Gasteiger partial charge in [-0.2, -0.15) is 5.26 Å². The van der Waals surface area contributed by atoms with E-state index in [0.29, 0.717) is 27.9 Å². The van der Waals surface area contributed by atoms with Crippen molar-refractivity contribution < 1.29 is 14.3 Å². The topological polar surface area (TPSA) is 137 Å². The van der Waals surface area contributed by atoms with E-state index in [0.717, 1.165) is 0 Å². The number of nitrogens with zero attached hydrogens (tertiary/aromatic N) is 2. The number of benzene rings is 2. The van der Waals surface area contributed by atoms with Crippen molar-refractivity contribution in [1.82, 2.24) is 15.3 Å². The van der Waals surface area contributed by atoms with Crippen molar-refractivity contribution in [2.45, 2.75) is 6.54 Å². The van der Waals surface area contributed by atoms with Gasteiger partial charge in [0.25, 0.3) is 17.4 Å². The van der Waals surface area contributed by atoms with Gasteiger partial charge in [0.1, 0.15) is 6.07 Å². The van der Waals surface area contributed by atoms with E-state index in [1.807, 2.05) is 6.07 Å². The van der Waals surface area contributed by atoms with Crippen molar-refractivity contribution in [2.24, 2.45) is 0 Å². The lowest BCUT2D eigenvalue weighted by molar-refractivity contribution is -0.118. The lowest BCUT2D eigenvalue weighted by Gasteiger charge is -2.20. The van der Waals surface area contributed by atoms with Crippen LogP contribution >= 0.6 is 0 Å². The Morgan fingerprint density at radius 3 is 2.93 bits per heavy atom. The number of nitrogens with one attached hydrogen (secondary N) is 3. The molecule has 2 aromatic carbocycles. The van der Waals surface area contributed by atoms with Crippen molar-refractivity contribution in [3.8, 4) is 11.8 Å². The van der Waals surface area contributed by atoms with E-state index in [9.17, 15) is 19.6 Å². The van der Waals surface area contributed by atoms with Crippen molar-refractivity contribution in [2.75, 3.05) is 11.9 Å². The Morgan fingerprint density at radius 1 is 1.29 bits per heavy atom. The van der Waals surface area contributed by atoms with Gasteiger partial charge in [-0.15, -0.1) is 0 Å². The molecule has 0 aliphatic carbocycles. The number of para-hydroxylation sites is 1. The molecular weight excluding hydrogens is 362 g/mol. The highest BCUT2D eigenvalue weighted by molar-refractivity contribution is 5.96. The van der Waals surface area contributed by atoms with Gasteiger partial charge in [0.2, 0.25) is 0 Å². The highest BCUT2D eigenvalue weighted by Crippen LogP contribution is 2.32. The summed E-state index contributed by atoms with van der Waals surface area (Å²) in [6.07, 6.45) is 0. The van der Waals surface area contributed by atoms with Gasteiger partial charge in [0.15, 0.2) is 18.2 Å². The summed E-state index contributed by atoms with van der Waals surface area (Å²) >= 11 is 0. The fourth-order valence-corrected chi connectivity index (χ4v) is 2.91. The predicted molar refractivity (Wildman–Crippen MR) is 98.8 cm³/mol. The predicted octanol–water partition coefficient (Wildman–Crippen LogP) is 1.06. The molecule has 0 radical (unpaired) electrons. The molecule has 28 heavy (non-hydrogen) atoms. The van der Waals surface area contributed by atoms with Crippen LogP contribution in [0.15, 0.2) is 41.2 Å². The lowest BCUT2D eigenvalue weighted by Crippen LogP contribution is -2.28. The van der Waals surface area contributed by atoms with E-state index in [1.165, 1.54) is 0 Å². The van der Waals surface area contributed by atoms with Crippen molar-refractivity contribution in [3.05, 3.63) is 63.7 Å². The van der Waals surface area contributed by atoms with Gasteiger partial charge in [-0.3, -0.25) is 14.4 Å². The number of fused-ring (bicyclic) bond motifs is 2. The van der Waals surface area contributed by atoms with Crippen LogP contribution in [0, 0.1) is 11.3 Å².